The van der Waals surface area contributed by atoms with Crippen molar-refractivity contribution in [2.45, 2.75) is 90.3 Å². The SMILES string of the molecule is CC.Cc1cccc(CN(CC(O)C(Cc2cc(F)cc(F)c2)NC(=O)CCCC(=O)N2CCCCC2)C(=O)OCC2c3ccccc3-c3ccccc32)c1. The number of aliphatic hydroxyl groups is 1. The summed E-state index contributed by atoms with van der Waals surface area (Å²) in [4.78, 5) is 43.1. The van der Waals surface area contributed by atoms with Crippen LogP contribution in [0.25, 0.3) is 11.1 Å². The van der Waals surface area contributed by atoms with E-state index in [0.717, 1.165) is 83.9 Å². The zero-order valence-corrected chi connectivity index (χ0v) is 32.1. The number of hydrogen-bond acceptors (Lipinski definition) is 5. The van der Waals surface area contributed by atoms with Gasteiger partial charge in [0.2, 0.25) is 11.8 Å². The van der Waals surface area contributed by atoms with Gasteiger partial charge in [0.25, 0.3) is 0 Å². The number of rotatable bonds is 14. The average molecular weight is 754 g/mol. The van der Waals surface area contributed by atoms with E-state index in [1.54, 1.807) is 0 Å². The van der Waals surface area contributed by atoms with Crippen molar-refractivity contribution in [3.63, 3.8) is 0 Å². The van der Waals surface area contributed by atoms with Crippen LogP contribution >= 0.6 is 0 Å². The van der Waals surface area contributed by atoms with Crippen molar-refractivity contribution in [1.82, 2.24) is 15.1 Å². The summed E-state index contributed by atoms with van der Waals surface area (Å²) in [5.41, 5.74) is 6.37. The molecule has 1 fully saturated rings. The van der Waals surface area contributed by atoms with Crippen LogP contribution in [-0.4, -0.2) is 71.2 Å². The summed E-state index contributed by atoms with van der Waals surface area (Å²) >= 11 is 0. The van der Waals surface area contributed by atoms with E-state index in [0.29, 0.717) is 6.42 Å². The number of nitrogens with zero attached hydrogens (tertiary/aromatic N) is 2. The maximum absolute atomic E-state index is 14.2. The van der Waals surface area contributed by atoms with Crippen LogP contribution in [0.3, 0.4) is 0 Å². The number of carbonyl (C=O) groups is 3. The Morgan fingerprint density at radius 3 is 2.11 bits per heavy atom. The van der Waals surface area contributed by atoms with Gasteiger partial charge in [-0.2, -0.15) is 0 Å². The maximum Gasteiger partial charge on any atom is 0.410 e. The van der Waals surface area contributed by atoms with Gasteiger partial charge in [-0.3, -0.25) is 9.59 Å². The summed E-state index contributed by atoms with van der Waals surface area (Å²) in [5.74, 6) is -2.14. The Morgan fingerprint density at radius 2 is 1.47 bits per heavy atom. The molecular weight excluding hydrogens is 701 g/mol. The third-order valence-corrected chi connectivity index (χ3v) is 10.1. The van der Waals surface area contributed by atoms with Crippen LogP contribution in [0.15, 0.2) is 91.0 Å². The van der Waals surface area contributed by atoms with Crippen molar-refractivity contribution in [2.75, 3.05) is 26.2 Å². The van der Waals surface area contributed by atoms with Crippen LogP contribution < -0.4 is 5.32 Å². The molecular formula is C45H53F2N3O5. The van der Waals surface area contributed by atoms with Crippen LogP contribution in [0, 0.1) is 18.6 Å². The molecule has 2 unspecified atom stereocenters. The fraction of sp³-hybridized carbons (Fsp3) is 0.400. The Balaban J connectivity index is 0.00000285. The number of hydrogen-bond donors (Lipinski definition) is 2. The number of fused-ring (bicyclic) bond motifs is 3. The Hall–Kier alpha value is -5.09. The largest absolute Gasteiger partial charge is 0.448 e. The van der Waals surface area contributed by atoms with Gasteiger partial charge < -0.3 is 25.0 Å². The Kier molecular flexibility index (Phi) is 14.9. The third-order valence-electron chi connectivity index (χ3n) is 10.1. The number of aryl methyl sites for hydroxylation is 1. The third kappa shape index (κ3) is 11.2. The summed E-state index contributed by atoms with van der Waals surface area (Å²) in [6.45, 7) is 7.36. The second kappa shape index (κ2) is 20.0. The number of likely N-dealkylation sites (tertiary alicyclic amines) is 1. The zero-order chi connectivity index (χ0) is 39.3. The molecule has 1 saturated heterocycles. The average Bonchev–Trinajstić information content (AvgIpc) is 3.50. The predicted molar refractivity (Wildman–Crippen MR) is 210 cm³/mol. The molecule has 4 aromatic carbocycles. The van der Waals surface area contributed by atoms with E-state index in [1.165, 1.54) is 4.90 Å². The second-order valence-electron chi connectivity index (χ2n) is 14.2. The van der Waals surface area contributed by atoms with Crippen molar-refractivity contribution in [3.05, 3.63) is 130 Å². The van der Waals surface area contributed by atoms with E-state index in [1.807, 2.05) is 86.3 Å². The smallest absolute Gasteiger partial charge is 0.410 e. The molecule has 4 aromatic rings. The van der Waals surface area contributed by atoms with Crippen LogP contribution in [-0.2, 0) is 27.3 Å². The molecule has 6 rings (SSSR count). The topological polar surface area (TPSA) is 99.2 Å². The lowest BCUT2D eigenvalue weighted by molar-refractivity contribution is -0.132. The normalized spacial score (nSPS) is 14.5. The molecule has 10 heteroatoms. The minimum absolute atomic E-state index is 0.0132. The van der Waals surface area contributed by atoms with Crippen LogP contribution in [0.5, 0.6) is 0 Å². The molecule has 0 aromatic heterocycles. The van der Waals surface area contributed by atoms with Crippen LogP contribution in [0.2, 0.25) is 0 Å². The lowest BCUT2D eigenvalue weighted by atomic mass is 9.98. The number of benzene rings is 4. The highest BCUT2D eigenvalue weighted by atomic mass is 19.1. The molecule has 1 aliphatic heterocycles. The van der Waals surface area contributed by atoms with Gasteiger partial charge in [-0.1, -0.05) is 92.2 Å². The summed E-state index contributed by atoms with van der Waals surface area (Å²) in [6, 6.07) is 25.8. The van der Waals surface area contributed by atoms with Gasteiger partial charge in [0.1, 0.15) is 18.2 Å². The minimum atomic E-state index is -1.34. The molecule has 0 spiro atoms. The van der Waals surface area contributed by atoms with Gasteiger partial charge in [-0.05, 0) is 84.5 Å². The first-order valence-corrected chi connectivity index (χ1v) is 19.5. The Bertz CT molecular complexity index is 1850. The number of amides is 3. The van der Waals surface area contributed by atoms with E-state index in [9.17, 15) is 28.3 Å². The number of piperidine rings is 1. The van der Waals surface area contributed by atoms with E-state index in [4.69, 9.17) is 4.74 Å². The van der Waals surface area contributed by atoms with Crippen molar-refractivity contribution in [2.24, 2.45) is 0 Å². The van der Waals surface area contributed by atoms with Crippen molar-refractivity contribution in [3.8, 4) is 11.1 Å². The van der Waals surface area contributed by atoms with Crippen molar-refractivity contribution in [1.29, 1.82) is 0 Å². The van der Waals surface area contributed by atoms with Crippen molar-refractivity contribution >= 4 is 17.9 Å². The van der Waals surface area contributed by atoms with Crippen LogP contribution in [0.1, 0.15) is 86.1 Å². The van der Waals surface area contributed by atoms with Gasteiger partial charge in [0.05, 0.1) is 18.7 Å². The van der Waals surface area contributed by atoms with Gasteiger partial charge >= 0.3 is 6.09 Å². The highest BCUT2D eigenvalue weighted by Gasteiger charge is 2.32. The van der Waals surface area contributed by atoms with Crippen LogP contribution in [0.4, 0.5) is 13.6 Å². The van der Waals surface area contributed by atoms with E-state index >= 15 is 0 Å². The van der Waals surface area contributed by atoms with Gasteiger partial charge in [0, 0.05) is 44.5 Å². The first-order valence-electron chi connectivity index (χ1n) is 19.5. The molecule has 292 valence electrons. The number of ether oxygens (including phenoxy) is 1. The lowest BCUT2D eigenvalue weighted by Gasteiger charge is -2.30. The lowest BCUT2D eigenvalue weighted by Crippen LogP contribution is -2.50. The van der Waals surface area contributed by atoms with E-state index < -0.39 is 35.8 Å². The molecule has 0 saturated carbocycles. The fourth-order valence-corrected chi connectivity index (χ4v) is 7.52. The molecule has 2 N–H and O–H groups in total. The predicted octanol–water partition coefficient (Wildman–Crippen LogP) is 8.32. The molecule has 0 radical (unpaired) electrons. The highest BCUT2D eigenvalue weighted by Crippen LogP contribution is 2.44. The molecule has 3 amide bonds. The van der Waals surface area contributed by atoms with Crippen molar-refractivity contribution < 1.29 is 33.0 Å². The molecule has 1 aliphatic carbocycles. The zero-order valence-electron chi connectivity index (χ0n) is 32.1. The summed E-state index contributed by atoms with van der Waals surface area (Å²) in [5, 5.41) is 14.6. The maximum atomic E-state index is 14.2. The number of nitrogens with one attached hydrogen (secondary N) is 1. The summed E-state index contributed by atoms with van der Waals surface area (Å²) in [7, 11) is 0. The Labute approximate surface area is 323 Å². The van der Waals surface area contributed by atoms with Gasteiger partial charge in [-0.25, -0.2) is 13.6 Å². The standard InChI is InChI=1S/C43H47F2N3O5.C2H6/c1-29-11-9-12-30(21-29)26-48(43(52)53-28-38-36-15-5-3-13-34(36)35-14-4-6-16-37(35)38)27-40(49)39(24-31-22-32(44)25-33(45)23-31)46-41(50)17-10-18-42(51)47-19-7-2-8-20-47;1-2/h3-6,9,11-16,21-23,25,38-40,49H,2,7-8,10,17-20,24,26-28H2,1H3,(H,46,50);1-2H3. The summed E-state index contributed by atoms with van der Waals surface area (Å²) in [6.07, 6.45) is 1.54. The quantitative estimate of drug-likeness (QED) is 0.135. The first kappa shape index (κ1) is 41.1. The first-order chi connectivity index (χ1) is 26.6. The minimum Gasteiger partial charge on any atom is -0.448 e. The van der Waals surface area contributed by atoms with E-state index in [2.05, 4.69) is 17.4 Å². The number of carbonyl (C=O) groups excluding carboxylic acids is 3. The second-order valence-corrected chi connectivity index (χ2v) is 14.2. The molecule has 55 heavy (non-hydrogen) atoms. The molecule has 0 bridgehead atoms. The molecule has 1 heterocycles. The number of aliphatic hydroxyl groups excluding tert-OH is 1. The van der Waals surface area contributed by atoms with Gasteiger partial charge in [-0.15, -0.1) is 0 Å². The highest BCUT2D eigenvalue weighted by molar-refractivity contribution is 5.80. The van der Waals surface area contributed by atoms with Gasteiger partial charge in [0.15, 0.2) is 0 Å². The Morgan fingerprint density at radius 1 is 0.836 bits per heavy atom. The molecule has 2 atom stereocenters. The molecule has 2 aliphatic rings. The number of halogens is 2. The summed E-state index contributed by atoms with van der Waals surface area (Å²) < 4.78 is 34.5. The molecule has 8 nitrogen and oxygen atoms in total. The van der Waals surface area contributed by atoms with E-state index in [-0.39, 0.29) is 56.3 Å². The monoisotopic (exact) mass is 753 g/mol. The fourth-order valence-electron chi connectivity index (χ4n) is 7.52.